The van der Waals surface area contributed by atoms with Crippen LogP contribution < -0.4 is 5.32 Å². The summed E-state index contributed by atoms with van der Waals surface area (Å²) in [4.78, 5) is 12.7. The average Bonchev–Trinajstić information content (AvgIpc) is 2.76. The first-order valence-electron chi connectivity index (χ1n) is 5.50. The molecule has 1 aromatic heterocycles. The average molecular weight is 245 g/mol. The van der Waals surface area contributed by atoms with Gasteiger partial charge in [0.2, 0.25) is 0 Å². The van der Waals surface area contributed by atoms with Crippen LogP contribution in [0, 0.1) is 20.8 Å². The van der Waals surface area contributed by atoms with Crippen LogP contribution in [0.4, 0.5) is 5.69 Å². The Morgan fingerprint density at radius 3 is 2.35 bits per heavy atom. The van der Waals surface area contributed by atoms with E-state index in [1.54, 1.807) is 0 Å². The van der Waals surface area contributed by atoms with Crippen molar-refractivity contribution in [1.82, 2.24) is 0 Å². The van der Waals surface area contributed by atoms with Gasteiger partial charge in [0.1, 0.15) is 0 Å². The van der Waals surface area contributed by atoms with Crippen LogP contribution in [-0.2, 0) is 0 Å². The number of nitrogens with one attached hydrogen (secondary N) is 1. The maximum Gasteiger partial charge on any atom is 0.265 e. The number of benzene rings is 1. The quantitative estimate of drug-likeness (QED) is 0.853. The Labute approximate surface area is 105 Å². The molecular formula is C14H15NOS. The fourth-order valence-electron chi connectivity index (χ4n) is 1.96. The van der Waals surface area contributed by atoms with Crippen molar-refractivity contribution in [3.05, 3.63) is 51.2 Å². The molecule has 0 saturated carbocycles. The molecule has 0 fully saturated rings. The van der Waals surface area contributed by atoms with Gasteiger partial charge >= 0.3 is 0 Å². The second-order valence-electron chi connectivity index (χ2n) is 4.21. The normalized spacial score (nSPS) is 10.3. The fourth-order valence-corrected chi connectivity index (χ4v) is 2.58. The third-order valence-electron chi connectivity index (χ3n) is 2.66. The summed E-state index contributed by atoms with van der Waals surface area (Å²) in [5.74, 6) is -0.0324. The molecule has 0 unspecified atom stereocenters. The van der Waals surface area contributed by atoms with Crippen LogP contribution in [0.2, 0.25) is 0 Å². The molecular weight excluding hydrogens is 230 g/mol. The van der Waals surface area contributed by atoms with Gasteiger partial charge in [-0.1, -0.05) is 23.8 Å². The molecule has 1 heterocycles. The van der Waals surface area contributed by atoms with Crippen LogP contribution in [0.5, 0.6) is 0 Å². The van der Waals surface area contributed by atoms with Crippen molar-refractivity contribution in [2.24, 2.45) is 0 Å². The summed E-state index contributed by atoms with van der Waals surface area (Å²) in [5.41, 5.74) is 4.35. The number of amides is 1. The molecule has 2 rings (SSSR count). The van der Waals surface area contributed by atoms with Gasteiger partial charge < -0.3 is 5.32 Å². The van der Waals surface area contributed by atoms with E-state index in [1.807, 2.05) is 31.4 Å². The van der Waals surface area contributed by atoms with Crippen LogP contribution in [-0.4, -0.2) is 5.91 Å². The monoisotopic (exact) mass is 245 g/mol. The topological polar surface area (TPSA) is 29.1 Å². The van der Waals surface area contributed by atoms with E-state index in [0.717, 1.165) is 21.7 Å². The van der Waals surface area contributed by atoms with Crippen molar-refractivity contribution >= 4 is 22.9 Å². The molecule has 2 nitrogen and oxygen atoms in total. The minimum Gasteiger partial charge on any atom is -0.321 e. The van der Waals surface area contributed by atoms with Gasteiger partial charge in [0.15, 0.2) is 0 Å². The van der Waals surface area contributed by atoms with Crippen molar-refractivity contribution < 1.29 is 4.79 Å². The van der Waals surface area contributed by atoms with Crippen molar-refractivity contribution in [3.63, 3.8) is 0 Å². The predicted molar refractivity (Wildman–Crippen MR) is 72.9 cm³/mol. The number of hydrogen-bond acceptors (Lipinski definition) is 2. The molecule has 0 saturated heterocycles. The third-order valence-corrected chi connectivity index (χ3v) is 3.53. The Morgan fingerprint density at radius 1 is 1.18 bits per heavy atom. The summed E-state index contributed by atoms with van der Waals surface area (Å²) in [5, 5.41) is 4.89. The molecule has 3 heteroatoms. The molecule has 0 aliphatic carbocycles. The summed E-state index contributed by atoms with van der Waals surface area (Å²) in [6.07, 6.45) is 0. The molecule has 88 valence electrons. The van der Waals surface area contributed by atoms with Crippen molar-refractivity contribution in [2.75, 3.05) is 5.32 Å². The number of carbonyl (C=O) groups is 1. The highest BCUT2D eigenvalue weighted by Gasteiger charge is 2.10. The van der Waals surface area contributed by atoms with Gasteiger partial charge in [-0.2, -0.15) is 0 Å². The van der Waals surface area contributed by atoms with Gasteiger partial charge in [-0.15, -0.1) is 11.3 Å². The maximum absolute atomic E-state index is 12.0. The number of aryl methyl sites for hydroxylation is 3. The minimum absolute atomic E-state index is 0.0324. The second kappa shape index (κ2) is 4.72. The van der Waals surface area contributed by atoms with E-state index < -0.39 is 0 Å². The molecule has 17 heavy (non-hydrogen) atoms. The van der Waals surface area contributed by atoms with Gasteiger partial charge in [-0.25, -0.2) is 0 Å². The van der Waals surface area contributed by atoms with E-state index in [-0.39, 0.29) is 5.91 Å². The first-order chi connectivity index (χ1) is 8.08. The van der Waals surface area contributed by atoms with E-state index in [9.17, 15) is 4.79 Å². The summed E-state index contributed by atoms with van der Waals surface area (Å²) >= 11 is 1.45. The Balaban J connectivity index is 2.28. The Bertz CT molecular complexity index is 520. The molecule has 1 N–H and O–H groups in total. The Kier molecular flexibility index (Phi) is 3.29. The van der Waals surface area contributed by atoms with E-state index in [4.69, 9.17) is 0 Å². The number of thiophene rings is 1. The largest absolute Gasteiger partial charge is 0.321 e. The zero-order chi connectivity index (χ0) is 12.4. The first-order valence-corrected chi connectivity index (χ1v) is 6.38. The maximum atomic E-state index is 12.0. The summed E-state index contributed by atoms with van der Waals surface area (Å²) in [6.45, 7) is 6.10. The number of hydrogen-bond donors (Lipinski definition) is 1. The number of anilines is 1. The van der Waals surface area contributed by atoms with Gasteiger partial charge in [0.25, 0.3) is 5.91 Å². The second-order valence-corrected chi connectivity index (χ2v) is 5.15. The molecule has 0 atom stereocenters. The van der Waals surface area contributed by atoms with Crippen LogP contribution in [0.1, 0.15) is 26.4 Å². The molecule has 0 spiro atoms. The molecule has 2 aromatic rings. The first kappa shape index (κ1) is 11.9. The van der Waals surface area contributed by atoms with Crippen LogP contribution in [0.3, 0.4) is 0 Å². The highest BCUT2D eigenvalue weighted by Crippen LogP contribution is 2.23. The van der Waals surface area contributed by atoms with Crippen LogP contribution in [0.25, 0.3) is 0 Å². The van der Waals surface area contributed by atoms with E-state index in [1.165, 1.54) is 16.9 Å². The molecule has 0 aliphatic heterocycles. The van der Waals surface area contributed by atoms with E-state index >= 15 is 0 Å². The molecule has 1 amide bonds. The van der Waals surface area contributed by atoms with Gasteiger partial charge in [-0.05, 0) is 43.3 Å². The SMILES string of the molecule is Cc1cc(C)c(NC(=O)c2cccs2)c(C)c1. The summed E-state index contributed by atoms with van der Waals surface area (Å²) in [7, 11) is 0. The molecule has 0 radical (unpaired) electrons. The van der Waals surface area contributed by atoms with Crippen molar-refractivity contribution in [1.29, 1.82) is 0 Å². The highest BCUT2D eigenvalue weighted by atomic mass is 32.1. The molecule has 1 aromatic carbocycles. The fraction of sp³-hybridized carbons (Fsp3) is 0.214. The Morgan fingerprint density at radius 2 is 1.82 bits per heavy atom. The van der Waals surface area contributed by atoms with E-state index in [2.05, 4.69) is 24.4 Å². The lowest BCUT2D eigenvalue weighted by molar-refractivity contribution is 0.103. The van der Waals surface area contributed by atoms with Crippen molar-refractivity contribution in [2.45, 2.75) is 20.8 Å². The standard InChI is InChI=1S/C14H15NOS/c1-9-7-10(2)13(11(3)8-9)15-14(16)12-5-4-6-17-12/h4-8H,1-3H3,(H,15,16). The predicted octanol–water partition coefficient (Wildman–Crippen LogP) is 3.93. The Hall–Kier alpha value is -1.61. The van der Waals surface area contributed by atoms with Gasteiger partial charge in [0, 0.05) is 5.69 Å². The van der Waals surface area contributed by atoms with Crippen LogP contribution in [0.15, 0.2) is 29.6 Å². The van der Waals surface area contributed by atoms with Gasteiger partial charge in [-0.3, -0.25) is 4.79 Å². The van der Waals surface area contributed by atoms with Gasteiger partial charge in [0.05, 0.1) is 4.88 Å². The minimum atomic E-state index is -0.0324. The van der Waals surface area contributed by atoms with E-state index in [0.29, 0.717) is 0 Å². The lowest BCUT2D eigenvalue weighted by Gasteiger charge is -2.12. The summed E-state index contributed by atoms with van der Waals surface area (Å²) in [6, 6.07) is 7.88. The van der Waals surface area contributed by atoms with Crippen molar-refractivity contribution in [3.8, 4) is 0 Å². The molecule has 0 aliphatic rings. The zero-order valence-electron chi connectivity index (χ0n) is 10.2. The summed E-state index contributed by atoms with van der Waals surface area (Å²) < 4.78 is 0. The zero-order valence-corrected chi connectivity index (χ0v) is 11.0. The number of rotatable bonds is 2. The smallest absolute Gasteiger partial charge is 0.265 e. The molecule has 0 bridgehead atoms. The third kappa shape index (κ3) is 2.56. The lowest BCUT2D eigenvalue weighted by Crippen LogP contribution is -2.12. The van der Waals surface area contributed by atoms with Crippen LogP contribution >= 0.6 is 11.3 Å². The number of carbonyl (C=O) groups excluding carboxylic acids is 1. The lowest BCUT2D eigenvalue weighted by atomic mass is 10.1. The highest BCUT2D eigenvalue weighted by molar-refractivity contribution is 7.12.